The fourth-order valence-corrected chi connectivity index (χ4v) is 3.89. The van der Waals surface area contributed by atoms with E-state index in [1.807, 2.05) is 0 Å². The van der Waals surface area contributed by atoms with Gasteiger partial charge in [-0.05, 0) is 47.4 Å². The zero-order valence-electron chi connectivity index (χ0n) is 12.9. The van der Waals surface area contributed by atoms with E-state index < -0.39 is 15.9 Å². The van der Waals surface area contributed by atoms with Gasteiger partial charge in [0.25, 0.3) is 0 Å². The molecular formula is C17H18BrFO3S. The Balaban J connectivity index is 2.33. The number of sulfone groups is 1. The molecule has 0 aliphatic rings. The van der Waals surface area contributed by atoms with Gasteiger partial charge in [-0.2, -0.15) is 0 Å². The maximum absolute atomic E-state index is 13.2. The second kappa shape index (κ2) is 7.11. The molecule has 0 spiro atoms. The van der Waals surface area contributed by atoms with E-state index in [-0.39, 0.29) is 17.3 Å². The molecule has 1 unspecified atom stereocenters. The van der Waals surface area contributed by atoms with Crippen LogP contribution in [0.2, 0.25) is 0 Å². The third-order valence-electron chi connectivity index (χ3n) is 3.71. The Morgan fingerprint density at radius 3 is 2.39 bits per heavy atom. The van der Waals surface area contributed by atoms with Crippen LogP contribution in [-0.4, -0.2) is 19.3 Å². The number of aliphatic hydroxyl groups is 1. The van der Waals surface area contributed by atoms with E-state index in [1.54, 1.807) is 38.1 Å². The van der Waals surface area contributed by atoms with Crippen LogP contribution >= 0.6 is 15.9 Å². The van der Waals surface area contributed by atoms with Gasteiger partial charge in [0.15, 0.2) is 9.84 Å². The summed E-state index contributed by atoms with van der Waals surface area (Å²) < 4.78 is 37.2. The molecule has 0 bridgehead atoms. The van der Waals surface area contributed by atoms with Crippen LogP contribution < -0.4 is 0 Å². The van der Waals surface area contributed by atoms with Crippen LogP contribution in [0.4, 0.5) is 4.39 Å². The van der Waals surface area contributed by atoms with Crippen LogP contribution in [0.3, 0.4) is 0 Å². The van der Waals surface area contributed by atoms with Gasteiger partial charge in [-0.1, -0.05) is 41.1 Å². The Kier molecular flexibility index (Phi) is 5.60. The molecular weight excluding hydrogens is 383 g/mol. The summed E-state index contributed by atoms with van der Waals surface area (Å²) in [5.74, 6) is -0.296. The highest BCUT2D eigenvalue weighted by Crippen LogP contribution is 2.31. The van der Waals surface area contributed by atoms with E-state index >= 15 is 0 Å². The lowest BCUT2D eigenvalue weighted by atomic mass is 9.97. The minimum Gasteiger partial charge on any atom is -0.384 e. The number of halogens is 2. The van der Waals surface area contributed by atoms with E-state index in [1.165, 1.54) is 12.1 Å². The first-order chi connectivity index (χ1) is 10.7. The molecule has 124 valence electrons. The molecule has 3 nitrogen and oxygen atoms in total. The predicted molar refractivity (Wildman–Crippen MR) is 92.5 cm³/mol. The number of aryl methyl sites for hydroxylation is 1. The third kappa shape index (κ3) is 4.40. The lowest BCUT2D eigenvalue weighted by Crippen LogP contribution is -2.08. The van der Waals surface area contributed by atoms with Crippen molar-refractivity contribution >= 4 is 25.8 Å². The molecule has 0 aliphatic heterocycles. The fraction of sp³-hybridized carbons (Fsp3) is 0.294. The molecule has 0 heterocycles. The van der Waals surface area contributed by atoms with E-state index in [0.29, 0.717) is 26.7 Å². The highest BCUT2D eigenvalue weighted by molar-refractivity contribution is 9.10. The van der Waals surface area contributed by atoms with Crippen LogP contribution in [0.5, 0.6) is 0 Å². The van der Waals surface area contributed by atoms with Gasteiger partial charge in [-0.3, -0.25) is 0 Å². The summed E-state index contributed by atoms with van der Waals surface area (Å²) in [5.41, 5.74) is 2.53. The Labute approximate surface area is 144 Å². The standard InChI is InChI=1S/C17H18BrFO3S/c1-3-23(21,22)10-12-4-6-15(16(18)9-12)17(20)14-7-5-13(19)8-11(14)2/h4-9,17,20H,3,10H2,1-2H3. The molecule has 0 saturated carbocycles. The Morgan fingerprint density at radius 1 is 1.17 bits per heavy atom. The Hall–Kier alpha value is -1.24. The first-order valence-corrected chi connectivity index (χ1v) is 9.78. The quantitative estimate of drug-likeness (QED) is 0.827. The summed E-state index contributed by atoms with van der Waals surface area (Å²) >= 11 is 3.38. The molecule has 0 radical (unpaired) electrons. The van der Waals surface area contributed by atoms with Crippen molar-refractivity contribution in [1.82, 2.24) is 0 Å². The summed E-state index contributed by atoms with van der Waals surface area (Å²) in [5, 5.41) is 10.5. The normalized spacial score (nSPS) is 13.1. The minimum absolute atomic E-state index is 0.0337. The number of hydrogen-bond donors (Lipinski definition) is 1. The summed E-state index contributed by atoms with van der Waals surface area (Å²) in [4.78, 5) is 0. The average Bonchev–Trinajstić information content (AvgIpc) is 2.46. The van der Waals surface area contributed by atoms with Gasteiger partial charge in [0.2, 0.25) is 0 Å². The van der Waals surface area contributed by atoms with Crippen LogP contribution in [0.15, 0.2) is 40.9 Å². The fourth-order valence-electron chi connectivity index (χ4n) is 2.35. The second-order valence-electron chi connectivity index (χ2n) is 5.44. The second-order valence-corrected chi connectivity index (χ2v) is 8.64. The molecule has 0 aliphatic carbocycles. The average molecular weight is 401 g/mol. The summed E-state index contributed by atoms with van der Waals surface area (Å²) in [6, 6.07) is 9.31. The van der Waals surface area contributed by atoms with Crippen molar-refractivity contribution in [3.8, 4) is 0 Å². The van der Waals surface area contributed by atoms with Crippen molar-refractivity contribution in [3.05, 3.63) is 68.9 Å². The topological polar surface area (TPSA) is 54.4 Å². The molecule has 2 aromatic rings. The molecule has 0 amide bonds. The van der Waals surface area contributed by atoms with Gasteiger partial charge in [0, 0.05) is 10.2 Å². The molecule has 2 aromatic carbocycles. The van der Waals surface area contributed by atoms with E-state index in [9.17, 15) is 17.9 Å². The summed E-state index contributed by atoms with van der Waals surface area (Å²) in [6.45, 7) is 3.34. The molecule has 23 heavy (non-hydrogen) atoms. The van der Waals surface area contributed by atoms with Gasteiger partial charge in [-0.25, -0.2) is 12.8 Å². The van der Waals surface area contributed by atoms with Crippen LogP contribution in [0.25, 0.3) is 0 Å². The molecule has 0 aromatic heterocycles. The smallest absolute Gasteiger partial charge is 0.154 e. The van der Waals surface area contributed by atoms with E-state index in [2.05, 4.69) is 15.9 Å². The van der Waals surface area contributed by atoms with Gasteiger partial charge in [-0.15, -0.1) is 0 Å². The molecule has 1 atom stereocenters. The number of hydrogen-bond acceptors (Lipinski definition) is 3. The summed E-state index contributed by atoms with van der Waals surface area (Å²) in [6.07, 6.45) is -0.915. The number of aliphatic hydroxyl groups excluding tert-OH is 1. The molecule has 0 fully saturated rings. The van der Waals surface area contributed by atoms with E-state index in [0.717, 1.165) is 0 Å². The number of rotatable bonds is 5. The van der Waals surface area contributed by atoms with Crippen LogP contribution in [-0.2, 0) is 15.6 Å². The highest BCUT2D eigenvalue weighted by Gasteiger charge is 2.17. The molecule has 1 N–H and O–H groups in total. The monoisotopic (exact) mass is 400 g/mol. The zero-order chi connectivity index (χ0) is 17.2. The van der Waals surface area contributed by atoms with Gasteiger partial charge < -0.3 is 5.11 Å². The predicted octanol–water partition coefficient (Wildman–Crippen LogP) is 3.91. The largest absolute Gasteiger partial charge is 0.384 e. The Morgan fingerprint density at radius 2 is 1.83 bits per heavy atom. The maximum Gasteiger partial charge on any atom is 0.154 e. The van der Waals surface area contributed by atoms with Crippen molar-refractivity contribution in [2.75, 3.05) is 5.75 Å². The van der Waals surface area contributed by atoms with Crippen molar-refractivity contribution < 1.29 is 17.9 Å². The van der Waals surface area contributed by atoms with Gasteiger partial charge in [0.05, 0.1) is 5.75 Å². The molecule has 0 saturated heterocycles. The van der Waals surface area contributed by atoms with Crippen molar-refractivity contribution in [3.63, 3.8) is 0 Å². The zero-order valence-corrected chi connectivity index (χ0v) is 15.3. The number of benzene rings is 2. The van der Waals surface area contributed by atoms with Crippen LogP contribution in [0, 0.1) is 12.7 Å². The molecule has 2 rings (SSSR count). The first-order valence-electron chi connectivity index (χ1n) is 7.16. The first kappa shape index (κ1) is 18.1. The van der Waals surface area contributed by atoms with Crippen molar-refractivity contribution in [1.29, 1.82) is 0 Å². The Bertz CT molecular complexity index is 819. The van der Waals surface area contributed by atoms with Crippen molar-refractivity contribution in [2.45, 2.75) is 25.7 Å². The lowest BCUT2D eigenvalue weighted by Gasteiger charge is -2.16. The SMILES string of the molecule is CCS(=O)(=O)Cc1ccc(C(O)c2ccc(F)cc2C)c(Br)c1. The van der Waals surface area contributed by atoms with Gasteiger partial charge >= 0.3 is 0 Å². The van der Waals surface area contributed by atoms with Crippen molar-refractivity contribution in [2.24, 2.45) is 0 Å². The van der Waals surface area contributed by atoms with E-state index in [4.69, 9.17) is 0 Å². The minimum atomic E-state index is -3.11. The maximum atomic E-state index is 13.2. The lowest BCUT2D eigenvalue weighted by molar-refractivity contribution is 0.218. The van der Waals surface area contributed by atoms with Gasteiger partial charge in [0.1, 0.15) is 11.9 Å². The highest BCUT2D eigenvalue weighted by atomic mass is 79.9. The van der Waals surface area contributed by atoms with Crippen LogP contribution in [0.1, 0.15) is 35.3 Å². The summed E-state index contributed by atoms with van der Waals surface area (Å²) in [7, 11) is -3.11. The third-order valence-corrected chi connectivity index (χ3v) is 6.05. The molecule has 6 heteroatoms.